The van der Waals surface area contributed by atoms with Crippen LogP contribution in [0, 0.1) is 5.92 Å². The molecule has 0 bridgehead atoms. The molecule has 1 fully saturated rings. The van der Waals surface area contributed by atoms with Gasteiger partial charge in [-0.25, -0.2) is 4.79 Å². The Bertz CT molecular complexity index is 215. The Kier molecular flexibility index (Phi) is 5.26. The first-order valence-electron chi connectivity index (χ1n) is 6.52. The van der Waals surface area contributed by atoms with Gasteiger partial charge in [-0.05, 0) is 31.6 Å². The van der Waals surface area contributed by atoms with E-state index in [0.29, 0.717) is 25.4 Å². The second-order valence-corrected chi connectivity index (χ2v) is 4.82. The lowest BCUT2D eigenvalue weighted by Crippen LogP contribution is -2.41. The number of hydrogen-bond donors (Lipinski definition) is 1. The molecule has 0 aliphatic heterocycles. The molecule has 1 aliphatic carbocycles. The smallest absolute Gasteiger partial charge is 0.335 e. The molecule has 94 valence electrons. The summed E-state index contributed by atoms with van der Waals surface area (Å²) in [7, 11) is 0. The summed E-state index contributed by atoms with van der Waals surface area (Å²) in [4.78, 5) is 11.2. The highest BCUT2D eigenvalue weighted by Gasteiger charge is 2.36. The third-order valence-electron chi connectivity index (χ3n) is 3.85. The summed E-state index contributed by atoms with van der Waals surface area (Å²) in [6, 6.07) is 0. The first-order valence-corrected chi connectivity index (χ1v) is 6.52. The van der Waals surface area contributed by atoms with Crippen molar-refractivity contribution in [1.82, 2.24) is 0 Å². The van der Waals surface area contributed by atoms with Gasteiger partial charge in [0.05, 0.1) is 6.61 Å². The summed E-state index contributed by atoms with van der Waals surface area (Å²) in [5.41, 5.74) is -0.947. The normalized spacial score (nSPS) is 18.6. The number of aliphatic carboxylic acids is 1. The quantitative estimate of drug-likeness (QED) is 0.759. The molecule has 0 atom stereocenters. The van der Waals surface area contributed by atoms with Crippen LogP contribution in [-0.2, 0) is 9.53 Å². The van der Waals surface area contributed by atoms with Crippen LogP contribution < -0.4 is 0 Å². The molecule has 0 radical (unpaired) electrons. The highest BCUT2D eigenvalue weighted by atomic mass is 16.5. The van der Waals surface area contributed by atoms with Crippen LogP contribution in [0.3, 0.4) is 0 Å². The van der Waals surface area contributed by atoms with E-state index in [2.05, 4.69) is 0 Å². The topological polar surface area (TPSA) is 46.5 Å². The highest BCUT2D eigenvalue weighted by Crippen LogP contribution is 2.27. The molecule has 1 rings (SSSR count). The largest absolute Gasteiger partial charge is 0.479 e. The molecule has 0 saturated heterocycles. The van der Waals surface area contributed by atoms with Crippen molar-refractivity contribution in [3.63, 3.8) is 0 Å². The van der Waals surface area contributed by atoms with Gasteiger partial charge in [-0.2, -0.15) is 0 Å². The standard InChI is InChI=1S/C13H24O3/c1-3-13(4-2,12(14)15)16-10-11-8-6-5-7-9-11/h11H,3-10H2,1-2H3,(H,14,15). The molecular weight excluding hydrogens is 204 g/mol. The Morgan fingerprint density at radius 3 is 2.25 bits per heavy atom. The Balaban J connectivity index is 2.45. The molecule has 1 N–H and O–H groups in total. The van der Waals surface area contributed by atoms with Crippen molar-refractivity contribution in [3.8, 4) is 0 Å². The van der Waals surface area contributed by atoms with Gasteiger partial charge in [0.1, 0.15) is 0 Å². The van der Waals surface area contributed by atoms with Crippen LogP contribution in [0.1, 0.15) is 58.8 Å². The Labute approximate surface area is 98.2 Å². The number of rotatable bonds is 6. The number of ether oxygens (including phenoxy) is 1. The third-order valence-corrected chi connectivity index (χ3v) is 3.85. The van der Waals surface area contributed by atoms with Crippen LogP contribution in [0.15, 0.2) is 0 Å². The summed E-state index contributed by atoms with van der Waals surface area (Å²) in [5, 5.41) is 9.23. The first-order chi connectivity index (χ1) is 7.64. The maximum Gasteiger partial charge on any atom is 0.335 e. The number of carboxylic acid groups (broad SMARTS) is 1. The van der Waals surface area contributed by atoms with E-state index in [9.17, 15) is 9.90 Å². The second-order valence-electron chi connectivity index (χ2n) is 4.82. The molecule has 0 amide bonds. The summed E-state index contributed by atoms with van der Waals surface area (Å²) < 4.78 is 5.73. The molecule has 0 aromatic rings. The zero-order valence-electron chi connectivity index (χ0n) is 10.5. The van der Waals surface area contributed by atoms with Crippen LogP contribution in [0.4, 0.5) is 0 Å². The maximum absolute atomic E-state index is 11.2. The van der Waals surface area contributed by atoms with Gasteiger partial charge in [0, 0.05) is 0 Å². The number of hydrogen-bond acceptors (Lipinski definition) is 2. The average Bonchev–Trinajstić information content (AvgIpc) is 2.32. The predicted octanol–water partition coefficient (Wildman–Crippen LogP) is 3.23. The summed E-state index contributed by atoms with van der Waals surface area (Å²) in [5.74, 6) is -0.237. The fourth-order valence-corrected chi connectivity index (χ4v) is 2.45. The average molecular weight is 228 g/mol. The van der Waals surface area contributed by atoms with E-state index in [1.807, 2.05) is 13.8 Å². The maximum atomic E-state index is 11.2. The zero-order chi connectivity index (χ0) is 12.0. The van der Waals surface area contributed by atoms with Gasteiger partial charge in [-0.3, -0.25) is 0 Å². The lowest BCUT2D eigenvalue weighted by molar-refractivity contribution is -0.169. The lowest BCUT2D eigenvalue weighted by Gasteiger charge is -2.30. The van der Waals surface area contributed by atoms with Gasteiger partial charge in [0.2, 0.25) is 0 Å². The van der Waals surface area contributed by atoms with Crippen molar-refractivity contribution in [3.05, 3.63) is 0 Å². The zero-order valence-corrected chi connectivity index (χ0v) is 10.5. The molecule has 1 aliphatic rings. The molecule has 1 saturated carbocycles. The Morgan fingerprint density at radius 1 is 1.25 bits per heavy atom. The van der Waals surface area contributed by atoms with E-state index in [0.717, 1.165) is 0 Å². The summed E-state index contributed by atoms with van der Waals surface area (Å²) in [6.45, 7) is 4.39. The minimum absolute atomic E-state index is 0.547. The van der Waals surface area contributed by atoms with Crippen LogP contribution >= 0.6 is 0 Å². The SMILES string of the molecule is CCC(CC)(OCC1CCCCC1)C(=O)O. The summed E-state index contributed by atoms with van der Waals surface area (Å²) >= 11 is 0. The number of carbonyl (C=O) groups is 1. The van der Waals surface area contributed by atoms with Gasteiger partial charge in [-0.15, -0.1) is 0 Å². The monoisotopic (exact) mass is 228 g/mol. The van der Waals surface area contributed by atoms with Gasteiger partial charge in [-0.1, -0.05) is 33.1 Å². The molecule has 0 unspecified atom stereocenters. The Morgan fingerprint density at radius 2 is 1.81 bits per heavy atom. The van der Waals surface area contributed by atoms with Gasteiger partial charge >= 0.3 is 5.97 Å². The van der Waals surface area contributed by atoms with E-state index in [1.165, 1.54) is 32.1 Å². The second kappa shape index (κ2) is 6.24. The van der Waals surface area contributed by atoms with Gasteiger partial charge in [0.15, 0.2) is 5.60 Å². The molecule has 0 aromatic heterocycles. The molecule has 0 aromatic carbocycles. The first kappa shape index (κ1) is 13.5. The number of carboxylic acids is 1. The van der Waals surface area contributed by atoms with Crippen molar-refractivity contribution in [1.29, 1.82) is 0 Å². The van der Waals surface area contributed by atoms with E-state index in [1.54, 1.807) is 0 Å². The lowest BCUT2D eigenvalue weighted by atomic mass is 9.89. The molecule has 0 spiro atoms. The molecule has 3 nitrogen and oxygen atoms in total. The van der Waals surface area contributed by atoms with Gasteiger partial charge < -0.3 is 9.84 Å². The molecule has 0 heterocycles. The van der Waals surface area contributed by atoms with Crippen molar-refractivity contribution in [2.45, 2.75) is 64.4 Å². The van der Waals surface area contributed by atoms with Crippen molar-refractivity contribution >= 4 is 5.97 Å². The fraction of sp³-hybridized carbons (Fsp3) is 0.923. The third kappa shape index (κ3) is 3.21. The molecule has 3 heteroatoms. The van der Waals surface area contributed by atoms with E-state index in [-0.39, 0.29) is 0 Å². The van der Waals surface area contributed by atoms with E-state index in [4.69, 9.17) is 4.74 Å². The predicted molar refractivity (Wildman–Crippen MR) is 63.5 cm³/mol. The molecule has 16 heavy (non-hydrogen) atoms. The van der Waals surface area contributed by atoms with E-state index < -0.39 is 11.6 Å². The van der Waals surface area contributed by atoms with Crippen LogP contribution in [0.25, 0.3) is 0 Å². The van der Waals surface area contributed by atoms with E-state index >= 15 is 0 Å². The van der Waals surface area contributed by atoms with Crippen LogP contribution in [0.5, 0.6) is 0 Å². The van der Waals surface area contributed by atoms with Crippen molar-refractivity contribution < 1.29 is 14.6 Å². The minimum atomic E-state index is -0.947. The minimum Gasteiger partial charge on any atom is -0.479 e. The fourth-order valence-electron chi connectivity index (χ4n) is 2.45. The summed E-state index contributed by atoms with van der Waals surface area (Å²) in [6.07, 6.45) is 7.35. The van der Waals surface area contributed by atoms with Gasteiger partial charge in [0.25, 0.3) is 0 Å². The van der Waals surface area contributed by atoms with Crippen molar-refractivity contribution in [2.24, 2.45) is 5.92 Å². The molecular formula is C13H24O3. The highest BCUT2D eigenvalue weighted by molar-refractivity contribution is 5.77. The van der Waals surface area contributed by atoms with Crippen LogP contribution in [-0.4, -0.2) is 23.3 Å². The van der Waals surface area contributed by atoms with Crippen LogP contribution in [0.2, 0.25) is 0 Å². The van der Waals surface area contributed by atoms with Crippen molar-refractivity contribution in [2.75, 3.05) is 6.61 Å². The Hall–Kier alpha value is -0.570.